The first kappa shape index (κ1) is 12.5. The number of benzene rings is 2. The lowest BCUT2D eigenvalue weighted by molar-refractivity contribution is 0.121. The van der Waals surface area contributed by atoms with Gasteiger partial charge in [0.15, 0.2) is 0 Å². The fraction of sp³-hybridized carbons (Fsp3) is 0.0714. The van der Waals surface area contributed by atoms with Crippen LogP contribution < -0.4 is 4.74 Å². The Balaban J connectivity index is 2.44. The molecule has 0 atom stereocenters. The smallest absolute Gasteiger partial charge is 0.437 e. The summed E-state index contributed by atoms with van der Waals surface area (Å²) in [6.07, 6.45) is -0.755. The zero-order valence-corrected chi connectivity index (χ0v) is 10.5. The van der Waals surface area contributed by atoms with E-state index < -0.39 is 6.16 Å². The van der Waals surface area contributed by atoms with Crippen LogP contribution in [0.3, 0.4) is 0 Å². The zero-order chi connectivity index (χ0) is 13.0. The molecule has 3 nitrogen and oxygen atoms in total. The van der Waals surface area contributed by atoms with Gasteiger partial charge in [-0.2, -0.15) is 0 Å². The molecule has 0 aliphatic carbocycles. The van der Waals surface area contributed by atoms with Gasteiger partial charge in [0, 0.05) is 10.6 Å². The normalized spacial score (nSPS) is 9.89. The highest BCUT2D eigenvalue weighted by molar-refractivity contribution is 6.31. The third-order valence-electron chi connectivity index (χ3n) is 2.39. The van der Waals surface area contributed by atoms with E-state index in [9.17, 15) is 4.79 Å². The maximum Gasteiger partial charge on any atom is 0.513 e. The van der Waals surface area contributed by atoms with Gasteiger partial charge in [0.25, 0.3) is 0 Å². The predicted octanol–water partition coefficient (Wildman–Crippen LogP) is 4.15. The number of ether oxygens (including phenoxy) is 2. The Labute approximate surface area is 110 Å². The van der Waals surface area contributed by atoms with E-state index in [1.807, 2.05) is 30.3 Å². The van der Waals surface area contributed by atoms with Crippen LogP contribution in [0.25, 0.3) is 11.1 Å². The summed E-state index contributed by atoms with van der Waals surface area (Å²) in [6.45, 7) is 0. The third-order valence-corrected chi connectivity index (χ3v) is 2.62. The summed E-state index contributed by atoms with van der Waals surface area (Å²) in [6, 6.07) is 14.6. The van der Waals surface area contributed by atoms with Gasteiger partial charge in [0.1, 0.15) is 5.75 Å². The molecule has 4 heteroatoms. The molecular weight excluding hydrogens is 252 g/mol. The first-order chi connectivity index (χ1) is 8.70. The van der Waals surface area contributed by atoms with Gasteiger partial charge in [-0.3, -0.25) is 0 Å². The Morgan fingerprint density at radius 2 is 1.83 bits per heavy atom. The van der Waals surface area contributed by atoms with E-state index in [-0.39, 0.29) is 0 Å². The van der Waals surface area contributed by atoms with Crippen LogP contribution >= 0.6 is 11.6 Å². The summed E-state index contributed by atoms with van der Waals surface area (Å²) in [4.78, 5) is 11.2. The molecule has 0 aromatic heterocycles. The molecule has 0 aliphatic rings. The molecule has 0 saturated carbocycles. The number of hydrogen-bond acceptors (Lipinski definition) is 3. The predicted molar refractivity (Wildman–Crippen MR) is 69.9 cm³/mol. The zero-order valence-electron chi connectivity index (χ0n) is 9.72. The Morgan fingerprint density at radius 3 is 2.50 bits per heavy atom. The number of methoxy groups -OCH3 is 1. The highest BCUT2D eigenvalue weighted by Crippen LogP contribution is 2.32. The van der Waals surface area contributed by atoms with E-state index in [2.05, 4.69) is 4.74 Å². The van der Waals surface area contributed by atoms with Crippen LogP contribution in [0.4, 0.5) is 4.79 Å². The van der Waals surface area contributed by atoms with E-state index in [1.54, 1.807) is 18.2 Å². The molecule has 18 heavy (non-hydrogen) atoms. The van der Waals surface area contributed by atoms with Gasteiger partial charge in [-0.15, -0.1) is 0 Å². The van der Waals surface area contributed by atoms with Crippen LogP contribution in [0.5, 0.6) is 5.75 Å². The fourth-order valence-electron chi connectivity index (χ4n) is 1.57. The molecule has 2 aromatic carbocycles. The van der Waals surface area contributed by atoms with E-state index in [1.165, 1.54) is 7.11 Å². The van der Waals surface area contributed by atoms with E-state index in [0.717, 1.165) is 11.1 Å². The largest absolute Gasteiger partial charge is 0.513 e. The van der Waals surface area contributed by atoms with Crippen LogP contribution in [0.1, 0.15) is 0 Å². The summed E-state index contributed by atoms with van der Waals surface area (Å²) in [5.74, 6) is 0.414. The quantitative estimate of drug-likeness (QED) is 0.602. The van der Waals surface area contributed by atoms with Crippen molar-refractivity contribution in [2.75, 3.05) is 7.11 Å². The van der Waals surface area contributed by atoms with Gasteiger partial charge in [-0.1, -0.05) is 41.9 Å². The summed E-state index contributed by atoms with van der Waals surface area (Å²) < 4.78 is 9.57. The Morgan fingerprint density at radius 1 is 1.11 bits per heavy atom. The topological polar surface area (TPSA) is 35.5 Å². The van der Waals surface area contributed by atoms with Crippen molar-refractivity contribution in [1.82, 2.24) is 0 Å². The lowest BCUT2D eigenvalue weighted by atomic mass is 10.1. The van der Waals surface area contributed by atoms with Crippen molar-refractivity contribution in [2.24, 2.45) is 0 Å². The van der Waals surface area contributed by atoms with Gasteiger partial charge in [0.05, 0.1) is 7.11 Å². The van der Waals surface area contributed by atoms with Crippen LogP contribution in [0, 0.1) is 0 Å². The molecule has 0 unspecified atom stereocenters. The van der Waals surface area contributed by atoms with Crippen LogP contribution in [-0.2, 0) is 4.74 Å². The average Bonchev–Trinajstić information content (AvgIpc) is 2.41. The fourth-order valence-corrected chi connectivity index (χ4v) is 1.74. The Kier molecular flexibility index (Phi) is 3.85. The van der Waals surface area contributed by atoms with Crippen molar-refractivity contribution in [3.8, 4) is 16.9 Å². The lowest BCUT2D eigenvalue weighted by Gasteiger charge is -2.09. The highest BCUT2D eigenvalue weighted by atomic mass is 35.5. The number of halogens is 1. The second-order valence-corrected chi connectivity index (χ2v) is 4.00. The number of rotatable bonds is 2. The summed E-state index contributed by atoms with van der Waals surface area (Å²) in [5.41, 5.74) is 1.66. The average molecular weight is 263 g/mol. The van der Waals surface area contributed by atoms with E-state index >= 15 is 0 Å². The molecule has 0 saturated heterocycles. The third kappa shape index (κ3) is 2.81. The summed E-state index contributed by atoms with van der Waals surface area (Å²) in [7, 11) is 1.26. The number of carbonyl (C=O) groups excluding carboxylic acids is 1. The molecule has 0 N–H and O–H groups in total. The van der Waals surface area contributed by atoms with E-state index in [0.29, 0.717) is 10.8 Å². The lowest BCUT2D eigenvalue weighted by Crippen LogP contribution is -2.08. The molecular formula is C14H11ClO3. The minimum atomic E-state index is -0.755. The maximum absolute atomic E-state index is 11.2. The van der Waals surface area contributed by atoms with Gasteiger partial charge < -0.3 is 9.47 Å². The van der Waals surface area contributed by atoms with Gasteiger partial charge in [-0.05, 0) is 23.8 Å². The standard InChI is InChI=1S/C14H11ClO3/c1-17-14(16)18-13-8-7-11(15)9-12(13)10-5-3-2-4-6-10/h2-9H,1H3. The first-order valence-corrected chi connectivity index (χ1v) is 5.69. The number of carbonyl (C=O) groups is 1. The second kappa shape index (κ2) is 5.56. The SMILES string of the molecule is COC(=O)Oc1ccc(Cl)cc1-c1ccccc1. The second-order valence-electron chi connectivity index (χ2n) is 3.56. The molecule has 0 amide bonds. The molecule has 0 heterocycles. The van der Waals surface area contributed by atoms with Crippen molar-refractivity contribution in [2.45, 2.75) is 0 Å². The number of hydrogen-bond donors (Lipinski definition) is 0. The van der Waals surface area contributed by atoms with Crippen molar-refractivity contribution in [1.29, 1.82) is 0 Å². The summed E-state index contributed by atoms with van der Waals surface area (Å²) >= 11 is 5.97. The molecule has 2 rings (SSSR count). The van der Waals surface area contributed by atoms with Crippen molar-refractivity contribution < 1.29 is 14.3 Å². The van der Waals surface area contributed by atoms with Gasteiger partial charge in [-0.25, -0.2) is 4.79 Å². The minimum absolute atomic E-state index is 0.414. The Bertz CT molecular complexity index is 552. The van der Waals surface area contributed by atoms with Crippen molar-refractivity contribution in [3.05, 3.63) is 53.6 Å². The molecule has 2 aromatic rings. The van der Waals surface area contributed by atoms with Gasteiger partial charge >= 0.3 is 6.16 Å². The highest BCUT2D eigenvalue weighted by Gasteiger charge is 2.11. The molecule has 0 spiro atoms. The van der Waals surface area contributed by atoms with Crippen LogP contribution in [0.15, 0.2) is 48.5 Å². The first-order valence-electron chi connectivity index (χ1n) is 5.31. The van der Waals surface area contributed by atoms with Crippen LogP contribution in [0.2, 0.25) is 5.02 Å². The van der Waals surface area contributed by atoms with Gasteiger partial charge in [0.2, 0.25) is 0 Å². The monoisotopic (exact) mass is 262 g/mol. The van der Waals surface area contributed by atoms with Crippen molar-refractivity contribution >= 4 is 17.8 Å². The molecule has 0 radical (unpaired) electrons. The molecule has 0 fully saturated rings. The van der Waals surface area contributed by atoms with Crippen molar-refractivity contribution in [3.63, 3.8) is 0 Å². The minimum Gasteiger partial charge on any atom is -0.437 e. The molecule has 0 bridgehead atoms. The summed E-state index contributed by atoms with van der Waals surface area (Å²) in [5, 5.41) is 0.575. The molecule has 92 valence electrons. The molecule has 0 aliphatic heterocycles. The van der Waals surface area contributed by atoms with Crippen LogP contribution in [-0.4, -0.2) is 13.3 Å². The maximum atomic E-state index is 11.2. The Hall–Kier alpha value is -2.00. The van der Waals surface area contributed by atoms with E-state index in [4.69, 9.17) is 16.3 Å².